The maximum atomic E-state index is 12.8. The maximum absolute atomic E-state index is 12.8. The fourth-order valence-corrected chi connectivity index (χ4v) is 6.84. The van der Waals surface area contributed by atoms with Crippen molar-refractivity contribution in [2.75, 3.05) is 26.4 Å². The monoisotopic (exact) mass is 976 g/mol. The van der Waals surface area contributed by atoms with Crippen molar-refractivity contribution in [3.63, 3.8) is 0 Å². The Balaban J connectivity index is 1.23. The molecule has 0 amide bonds. The maximum Gasteiger partial charge on any atom is 0.336 e. The summed E-state index contributed by atoms with van der Waals surface area (Å²) in [6.07, 6.45) is -16.8. The minimum absolute atomic E-state index is 0.0726. The fourth-order valence-electron chi connectivity index (χ4n) is 6.84. The normalized spacial score (nSPS) is 40.3. The summed E-state index contributed by atoms with van der Waals surface area (Å²) in [6.45, 7) is 3.80. The highest BCUT2D eigenvalue weighted by Gasteiger charge is 2.50. The lowest BCUT2D eigenvalue weighted by Gasteiger charge is -2.42. The summed E-state index contributed by atoms with van der Waals surface area (Å²) in [4.78, 5) is 25.6. The number of hydrogen-bond acceptors (Lipinski definition) is 24. The molecule has 4 heterocycles. The lowest BCUT2D eigenvalue weighted by atomic mass is 9.98. The summed E-state index contributed by atoms with van der Waals surface area (Å²) in [7, 11) is 0. The summed E-state index contributed by atoms with van der Waals surface area (Å²) in [5.41, 5.74) is 1.68. The van der Waals surface area contributed by atoms with Crippen LogP contribution in [-0.2, 0) is 47.5 Å². The molecule has 68 heavy (non-hydrogen) atoms. The largest absolute Gasteiger partial charge is 0.429 e. The number of allylic oxidation sites excluding steroid dienone is 12. The number of carbonyl (C=O) groups is 2. The van der Waals surface area contributed by atoms with E-state index in [1.807, 2.05) is 0 Å². The zero-order valence-electron chi connectivity index (χ0n) is 37.5. The van der Waals surface area contributed by atoms with Crippen molar-refractivity contribution >= 4 is 11.9 Å². The molecular weight excluding hydrogens is 912 g/mol. The topological polar surface area (TPSA) is 391 Å². The molecule has 0 saturated carbocycles. The van der Waals surface area contributed by atoms with Gasteiger partial charge in [0.05, 0.1) is 26.4 Å². The van der Waals surface area contributed by atoms with Crippen molar-refractivity contribution in [1.29, 1.82) is 0 Å². The van der Waals surface area contributed by atoms with Crippen LogP contribution in [-0.4, -0.2) is 233 Å². The van der Waals surface area contributed by atoms with E-state index in [1.54, 1.807) is 62.5 Å². The average molecular weight is 977 g/mol. The molecule has 0 radical (unpaired) electrons. The van der Waals surface area contributed by atoms with Gasteiger partial charge >= 0.3 is 11.9 Å². The van der Waals surface area contributed by atoms with Crippen LogP contribution >= 0.6 is 0 Å². The van der Waals surface area contributed by atoms with E-state index in [9.17, 15) is 81.1 Å². The third-order valence-corrected chi connectivity index (χ3v) is 11.2. The number of esters is 2. The number of ether oxygens (including phenoxy) is 8. The Kier molecular flexibility index (Phi) is 22.2. The number of aliphatic hydroxyl groups is 14. The van der Waals surface area contributed by atoms with Crippen molar-refractivity contribution in [2.24, 2.45) is 0 Å². The Labute approximate surface area is 390 Å². The first-order chi connectivity index (χ1) is 32.1. The van der Waals surface area contributed by atoms with Crippen molar-refractivity contribution in [2.45, 2.75) is 151 Å². The van der Waals surface area contributed by atoms with E-state index in [4.69, 9.17) is 37.9 Å². The summed E-state index contributed by atoms with van der Waals surface area (Å²) < 4.78 is 42.7. The van der Waals surface area contributed by atoms with Crippen LogP contribution in [0.25, 0.3) is 0 Å². The first-order valence-corrected chi connectivity index (χ1v) is 21.5. The zero-order valence-corrected chi connectivity index (χ0v) is 37.5. The smallest absolute Gasteiger partial charge is 0.336 e. The molecule has 24 heteroatoms. The fraction of sp³-hybridized carbons (Fsp3) is 0.636. The highest BCUT2D eigenvalue weighted by atomic mass is 16.8. The molecule has 24 nitrogen and oxygen atoms in total. The van der Waals surface area contributed by atoms with Crippen LogP contribution < -0.4 is 0 Å². The van der Waals surface area contributed by atoms with Gasteiger partial charge in [-0.15, -0.1) is 0 Å². The quantitative estimate of drug-likeness (QED) is 0.0347. The van der Waals surface area contributed by atoms with Gasteiger partial charge in [-0.2, -0.15) is 0 Å². The average Bonchev–Trinajstić information content (AvgIpc) is 3.31. The molecule has 0 aromatic heterocycles. The van der Waals surface area contributed by atoms with Crippen molar-refractivity contribution in [3.8, 4) is 0 Å². The number of rotatable bonds is 18. The highest BCUT2D eigenvalue weighted by Crippen LogP contribution is 2.28. The molecule has 4 aliphatic heterocycles. The standard InChI is InChI=1S/C44H64O24/c1-19(11-7-13-21(3)39(59)67-43-37(57)33(53)29(49)25(65-43)17-61-41-35(55)31(51)27(47)23(15-45)63-41)9-5-6-10-20(2)12-8-14-22(4)40(60)68-44-38(58)34(54)30(50)26(66-44)18-62-42-36(56)32(52)28(48)24(16-46)64-42/h5-14,23-38,41-58H,15-18H2,1-4H3/t23-,24-,25-,26-,27-,28-,29-,30-,31+,32+,33+,34+,35-,36-,37-,38-,41-,42-,43+,44?/m1/s1. The first kappa shape index (κ1) is 56.9. The Morgan fingerprint density at radius 1 is 0.397 bits per heavy atom. The van der Waals surface area contributed by atoms with Gasteiger partial charge in [0.25, 0.3) is 0 Å². The minimum atomic E-state index is -1.86. The molecule has 4 rings (SSSR count). The lowest BCUT2D eigenvalue weighted by molar-refractivity contribution is -0.326. The van der Waals surface area contributed by atoms with E-state index in [0.717, 1.165) is 11.1 Å². The molecule has 20 atom stereocenters. The summed E-state index contributed by atoms with van der Waals surface area (Å²) in [5.74, 6) is -1.86. The molecule has 14 N–H and O–H groups in total. The van der Waals surface area contributed by atoms with Crippen LogP contribution in [0.2, 0.25) is 0 Å². The van der Waals surface area contributed by atoms with E-state index >= 15 is 0 Å². The van der Waals surface area contributed by atoms with Gasteiger partial charge in [-0.05, 0) is 27.7 Å². The van der Waals surface area contributed by atoms with Crippen molar-refractivity contribution in [3.05, 3.63) is 83.1 Å². The molecule has 4 fully saturated rings. The molecule has 0 aromatic carbocycles. The Hall–Kier alpha value is -3.68. The molecule has 0 spiro atoms. The van der Waals surface area contributed by atoms with E-state index in [2.05, 4.69) is 0 Å². The van der Waals surface area contributed by atoms with Crippen LogP contribution in [0.5, 0.6) is 0 Å². The molecule has 4 aliphatic rings. The first-order valence-electron chi connectivity index (χ1n) is 21.5. The third kappa shape index (κ3) is 14.9. The Morgan fingerprint density at radius 3 is 1.01 bits per heavy atom. The predicted octanol–water partition coefficient (Wildman–Crippen LogP) is -5.23. The van der Waals surface area contributed by atoms with Crippen molar-refractivity contribution in [1.82, 2.24) is 0 Å². The second-order valence-corrected chi connectivity index (χ2v) is 16.5. The van der Waals surface area contributed by atoms with Gasteiger partial charge in [0, 0.05) is 11.1 Å². The lowest BCUT2D eigenvalue weighted by Crippen LogP contribution is -2.61. The van der Waals surface area contributed by atoms with Crippen LogP contribution in [0.3, 0.4) is 0 Å². The Morgan fingerprint density at radius 2 is 0.691 bits per heavy atom. The van der Waals surface area contributed by atoms with E-state index in [0.29, 0.717) is 0 Å². The zero-order chi connectivity index (χ0) is 50.6. The number of carbonyl (C=O) groups excluding carboxylic acids is 2. The van der Waals surface area contributed by atoms with Crippen LogP contribution in [0, 0.1) is 0 Å². The van der Waals surface area contributed by atoms with Crippen LogP contribution in [0.15, 0.2) is 83.1 Å². The van der Waals surface area contributed by atoms with Crippen LogP contribution in [0.4, 0.5) is 0 Å². The SMILES string of the molecule is CC(C=CC=C(C)C(=O)OC1O[C@H](CO[C@@H]2O[C@H](CO)[C@@H](O)[C@H](O)[C@H]2O)[C@@H](O)[C@H](O)[C@H]1O)=CC=CC=C(C)C=CC=C(C)C(=O)O[C@@H]1O[C@H](CO[C@@H]2O[C@H](CO)[C@@H](O)[C@H](O)[C@H]2O)[C@@H](O)[C@H](O)[C@H]1O. The second-order valence-electron chi connectivity index (χ2n) is 16.5. The number of hydrogen-bond donors (Lipinski definition) is 14. The van der Waals surface area contributed by atoms with E-state index < -0.39 is 161 Å². The highest BCUT2D eigenvalue weighted by molar-refractivity contribution is 5.88. The molecule has 1 unspecified atom stereocenters. The van der Waals surface area contributed by atoms with Gasteiger partial charge in [-0.25, -0.2) is 9.59 Å². The minimum Gasteiger partial charge on any atom is -0.429 e. The van der Waals surface area contributed by atoms with Gasteiger partial charge in [0.15, 0.2) is 12.6 Å². The molecule has 4 saturated heterocycles. The molecular formula is C44H64O24. The predicted molar refractivity (Wildman–Crippen MR) is 227 cm³/mol. The Bertz CT molecular complexity index is 1730. The molecule has 0 aliphatic carbocycles. The number of aliphatic hydroxyl groups excluding tert-OH is 14. The van der Waals surface area contributed by atoms with Gasteiger partial charge in [-0.1, -0.05) is 71.9 Å². The second kappa shape index (κ2) is 26.5. The van der Waals surface area contributed by atoms with E-state index in [-0.39, 0.29) is 11.1 Å². The van der Waals surface area contributed by atoms with Gasteiger partial charge < -0.3 is 109 Å². The van der Waals surface area contributed by atoms with Gasteiger partial charge in [0.1, 0.15) is 97.7 Å². The summed E-state index contributed by atoms with van der Waals surface area (Å²) >= 11 is 0. The van der Waals surface area contributed by atoms with Crippen molar-refractivity contribution < 1.29 is 119 Å². The molecule has 0 aromatic rings. The summed E-state index contributed by atoms with van der Waals surface area (Å²) in [6, 6.07) is 0. The van der Waals surface area contributed by atoms with Crippen LogP contribution in [0.1, 0.15) is 27.7 Å². The van der Waals surface area contributed by atoms with Gasteiger partial charge in [0.2, 0.25) is 12.6 Å². The molecule has 384 valence electrons. The molecule has 0 bridgehead atoms. The third-order valence-electron chi connectivity index (χ3n) is 11.2. The summed E-state index contributed by atoms with van der Waals surface area (Å²) in [5, 5.41) is 142. The van der Waals surface area contributed by atoms with E-state index in [1.165, 1.54) is 26.0 Å². The van der Waals surface area contributed by atoms with Gasteiger partial charge in [-0.3, -0.25) is 0 Å².